The number of rotatable bonds is 13. The Bertz CT molecular complexity index is 2340. The molecule has 0 aliphatic carbocycles. The number of anilines is 6. The molecule has 2 aliphatic rings. The first-order valence-corrected chi connectivity index (χ1v) is 26.6. The first-order valence-electron chi connectivity index (χ1n) is 20.6. The topological polar surface area (TPSA) is 66.8 Å². The van der Waals surface area contributed by atoms with Crippen molar-refractivity contribution in [2.75, 3.05) is 59.5 Å². The summed E-state index contributed by atoms with van der Waals surface area (Å²) in [5.41, 5.74) is 15.1. The standard InChI is InChI=1S/C26H25NOS3.C24H23NS3.CH4O.CH3O.B.Na/c1-19(28)30-17-10-18-31-26(29-2)25-21-13-6-8-15-23(21)27(20-11-4-3-5-12-20)24-16-9-7-14-22(24)25;1-27-24(28-17-9-16-26)23-19-12-5-7-14-21(19)25(18-10-3-2-4-11-18)22-15-8-6-13-20(22)23;2*1-2;;/h3-9,11-16H,10,17-18H2,1-2H3;2-8,10-15,26H,9,16-17H2,1H3;2H,1H3;1H3;;/q;;;-1;;+1. The van der Waals surface area contributed by atoms with Gasteiger partial charge in [-0.1, -0.05) is 121 Å². The average molecular weight is 982 g/mol. The number of hydrogen-bond donors (Lipinski definition) is 2. The first-order chi connectivity index (χ1) is 31.0. The van der Waals surface area contributed by atoms with Gasteiger partial charge in [-0.15, -0.1) is 47.0 Å². The fraction of sp³-hybridized carbons (Fsp3) is 0.212. The number of thioether (sulfide) groups is 5. The van der Waals surface area contributed by atoms with E-state index in [1.54, 1.807) is 6.92 Å². The second kappa shape index (κ2) is 30.5. The van der Waals surface area contributed by atoms with Crippen molar-refractivity contribution in [3.63, 3.8) is 0 Å². The Morgan fingerprint density at radius 2 is 0.800 bits per heavy atom. The minimum atomic E-state index is 0. The number of hydrogen-bond acceptors (Lipinski definition) is 11. The Morgan fingerprint density at radius 1 is 0.508 bits per heavy atom. The molecule has 3 radical (unpaired) electrons. The molecule has 13 heteroatoms. The maximum Gasteiger partial charge on any atom is 1.00 e. The van der Waals surface area contributed by atoms with Crippen LogP contribution in [0.2, 0.25) is 0 Å². The van der Waals surface area contributed by atoms with Gasteiger partial charge in [0.2, 0.25) is 0 Å². The largest absolute Gasteiger partial charge is 1.00 e. The van der Waals surface area contributed by atoms with E-state index in [1.807, 2.05) is 47.0 Å². The third kappa shape index (κ3) is 14.3. The predicted octanol–water partition coefficient (Wildman–Crippen LogP) is 10.8. The monoisotopic (exact) mass is 981 g/mol. The minimum absolute atomic E-state index is 0. The van der Waals surface area contributed by atoms with E-state index in [1.165, 1.54) is 87.8 Å². The normalized spacial score (nSPS) is 11.4. The van der Waals surface area contributed by atoms with Gasteiger partial charge in [-0.25, -0.2) is 0 Å². The van der Waals surface area contributed by atoms with Crippen LogP contribution in [0, 0.1) is 0 Å². The summed E-state index contributed by atoms with van der Waals surface area (Å²) in [6.45, 7) is 1.64. The minimum Gasteiger partial charge on any atom is -0.857 e. The number of carbonyl (C=O) groups is 1. The van der Waals surface area contributed by atoms with Crippen LogP contribution in [0.5, 0.6) is 0 Å². The zero-order valence-electron chi connectivity index (χ0n) is 38.0. The summed E-state index contributed by atoms with van der Waals surface area (Å²) in [4.78, 5) is 15.9. The molecule has 0 unspecified atom stereocenters. The van der Waals surface area contributed by atoms with E-state index in [0.717, 1.165) is 50.1 Å². The number of aliphatic hydroxyl groups is 1. The molecule has 65 heavy (non-hydrogen) atoms. The number of aliphatic hydroxyl groups excluding tert-OH is 1. The molecule has 0 fully saturated rings. The van der Waals surface area contributed by atoms with Gasteiger partial charge in [0.05, 0.1) is 22.7 Å². The first kappa shape index (κ1) is 56.5. The van der Waals surface area contributed by atoms with E-state index in [-0.39, 0.29) is 43.1 Å². The molecule has 0 amide bonds. The summed E-state index contributed by atoms with van der Waals surface area (Å²) in [7, 11) is 1.75. The van der Waals surface area contributed by atoms with Crippen LogP contribution < -0.4 is 44.5 Å². The van der Waals surface area contributed by atoms with E-state index in [9.17, 15) is 4.79 Å². The zero-order valence-corrected chi connectivity index (χ0v) is 45.0. The molecule has 1 N–H and O–H groups in total. The predicted molar refractivity (Wildman–Crippen MR) is 292 cm³/mol. The molecule has 8 rings (SSSR count). The summed E-state index contributed by atoms with van der Waals surface area (Å²) >= 11 is 13.3. The van der Waals surface area contributed by atoms with Crippen molar-refractivity contribution in [3.8, 4) is 0 Å². The summed E-state index contributed by atoms with van der Waals surface area (Å²) in [5, 5.41) is 15.4. The van der Waals surface area contributed by atoms with Crippen LogP contribution >= 0.6 is 71.4 Å². The number of thiol groups is 1. The van der Waals surface area contributed by atoms with Crippen molar-refractivity contribution in [1.82, 2.24) is 0 Å². The van der Waals surface area contributed by atoms with Gasteiger partial charge in [-0.2, -0.15) is 19.7 Å². The molecule has 331 valence electrons. The summed E-state index contributed by atoms with van der Waals surface area (Å²) in [5.74, 6) is 3.91. The molecule has 2 heterocycles. The van der Waals surface area contributed by atoms with Crippen LogP contribution in [0.15, 0.2) is 166 Å². The van der Waals surface area contributed by atoms with Crippen molar-refractivity contribution in [3.05, 3.63) is 188 Å². The molecule has 6 aromatic carbocycles. The van der Waals surface area contributed by atoms with E-state index < -0.39 is 0 Å². The van der Waals surface area contributed by atoms with Crippen LogP contribution in [-0.4, -0.2) is 68.4 Å². The van der Waals surface area contributed by atoms with Gasteiger partial charge >= 0.3 is 29.6 Å². The zero-order chi connectivity index (χ0) is 45.0. The van der Waals surface area contributed by atoms with Crippen molar-refractivity contribution in [1.29, 1.82) is 0 Å². The van der Waals surface area contributed by atoms with Crippen LogP contribution in [0.3, 0.4) is 0 Å². The van der Waals surface area contributed by atoms with Crippen molar-refractivity contribution < 1.29 is 44.6 Å². The van der Waals surface area contributed by atoms with Crippen LogP contribution in [0.4, 0.5) is 34.1 Å². The van der Waals surface area contributed by atoms with Gasteiger partial charge in [-0.05, 0) is 91.1 Å². The van der Waals surface area contributed by atoms with E-state index in [4.69, 9.17) is 10.2 Å². The summed E-state index contributed by atoms with van der Waals surface area (Å²) < 4.78 is 2.72. The van der Waals surface area contributed by atoms with Gasteiger partial charge in [-0.3, -0.25) is 4.79 Å². The Balaban J connectivity index is 0.000000313. The molecule has 0 saturated carbocycles. The number of nitrogens with zero attached hydrogens (tertiary/aromatic N) is 2. The number of fused-ring (bicyclic) bond motifs is 4. The molecule has 0 spiro atoms. The molecule has 0 bridgehead atoms. The molecular formula is C52H55BN2NaO3S6. The molecule has 2 aliphatic heterocycles. The molecular weight excluding hydrogens is 927 g/mol. The molecule has 0 saturated heterocycles. The SMILES string of the molecule is CO.CSC(SCCCS)=C1c2ccccc2N(c2ccccc2)c2ccccc21.CSC(SCCCSC(C)=O)=C1c2ccccc2N(c2ccccc2)c2ccccc21.C[O-].[B].[Na+]. The van der Waals surface area contributed by atoms with Crippen LogP contribution in [0.25, 0.3) is 11.1 Å². The molecule has 5 nitrogen and oxygen atoms in total. The van der Waals surface area contributed by atoms with Gasteiger partial charge in [0.25, 0.3) is 0 Å². The van der Waals surface area contributed by atoms with Gasteiger partial charge < -0.3 is 20.0 Å². The summed E-state index contributed by atoms with van der Waals surface area (Å²) in [6.07, 6.45) is 6.48. The number of carbonyl (C=O) groups excluding carboxylic acids is 1. The van der Waals surface area contributed by atoms with Crippen molar-refractivity contribution >= 4 is 130 Å². The van der Waals surface area contributed by atoms with Gasteiger partial charge in [0, 0.05) is 81.4 Å². The van der Waals surface area contributed by atoms with Gasteiger partial charge in [0.15, 0.2) is 5.12 Å². The third-order valence-corrected chi connectivity index (χ3v) is 15.8. The smallest absolute Gasteiger partial charge is 0.857 e. The Hall–Kier alpha value is -2.85. The molecule has 0 atom stereocenters. The quantitative estimate of drug-likeness (QED) is 0.0663. The van der Waals surface area contributed by atoms with E-state index >= 15 is 0 Å². The van der Waals surface area contributed by atoms with Gasteiger partial charge in [0.1, 0.15) is 0 Å². The van der Waals surface area contributed by atoms with Crippen molar-refractivity contribution in [2.24, 2.45) is 0 Å². The average Bonchev–Trinajstić information content (AvgIpc) is 3.35. The molecule has 6 aromatic rings. The maximum absolute atomic E-state index is 11.2. The number of benzene rings is 6. The second-order valence-corrected chi connectivity index (χ2v) is 19.7. The third-order valence-electron chi connectivity index (χ3n) is 9.83. The van der Waals surface area contributed by atoms with E-state index in [2.05, 4.69) is 193 Å². The maximum atomic E-state index is 11.2. The van der Waals surface area contributed by atoms with Crippen LogP contribution in [-0.2, 0) is 4.79 Å². The fourth-order valence-corrected chi connectivity index (χ4v) is 12.5. The molecule has 0 aromatic heterocycles. The van der Waals surface area contributed by atoms with Crippen molar-refractivity contribution in [2.45, 2.75) is 19.8 Å². The number of para-hydroxylation sites is 6. The van der Waals surface area contributed by atoms with E-state index in [0.29, 0.717) is 0 Å². The van der Waals surface area contributed by atoms with Crippen LogP contribution in [0.1, 0.15) is 42.0 Å². The fourth-order valence-electron chi connectivity index (χ4n) is 7.36. The Kier molecular flexibility index (Phi) is 26.5. The Morgan fingerprint density at radius 3 is 1.11 bits per heavy atom. The second-order valence-electron chi connectivity index (χ2n) is 13.6. The Labute approximate surface area is 438 Å². The summed E-state index contributed by atoms with van der Waals surface area (Å²) in [6, 6.07) is 56.1.